The molecule has 0 fully saturated rings. The molecule has 0 aliphatic carbocycles. The Morgan fingerprint density at radius 2 is 0.947 bits per heavy atom. The molecule has 4 aromatic rings. The Balaban J connectivity index is 0.00000400. The lowest BCUT2D eigenvalue weighted by molar-refractivity contribution is -0.459. The van der Waals surface area contributed by atoms with Crippen LogP contribution in [0.4, 0.5) is 0 Å². The molecule has 0 aromatic heterocycles. The summed E-state index contributed by atoms with van der Waals surface area (Å²) in [5.41, 5.74) is 0.883. The van der Waals surface area contributed by atoms with E-state index < -0.39 is 11.9 Å². The quantitative estimate of drug-likeness (QED) is 0.117. The van der Waals surface area contributed by atoms with Gasteiger partial charge in [-0.25, -0.2) is 9.59 Å². The van der Waals surface area contributed by atoms with Crippen LogP contribution in [0.1, 0.15) is 11.1 Å². The lowest BCUT2D eigenvalue weighted by Gasteiger charge is -2.11. The summed E-state index contributed by atoms with van der Waals surface area (Å²) in [6, 6.07) is 28.1. The minimum absolute atomic E-state index is 0. The molecule has 0 saturated carbocycles. The van der Waals surface area contributed by atoms with Gasteiger partial charge in [0, 0.05) is 22.4 Å². The van der Waals surface area contributed by atoms with Crippen molar-refractivity contribution in [1.29, 1.82) is 0 Å². The summed E-state index contributed by atoms with van der Waals surface area (Å²) in [4.78, 5) is 33.5. The fourth-order valence-electron chi connectivity index (χ4n) is 3.24. The van der Waals surface area contributed by atoms with Crippen LogP contribution in [0.2, 0.25) is 10.0 Å². The molecule has 0 atom stereocenters. The Labute approximate surface area is 239 Å². The van der Waals surface area contributed by atoms with Crippen LogP contribution in [0.5, 0.6) is 23.0 Å². The number of para-hydroxylation sites is 2. The number of halogens is 2. The second kappa shape index (κ2) is 14.4. The maximum Gasteiger partial charge on any atom is 0.351 e. The third-order valence-electron chi connectivity index (χ3n) is 4.95. The smallest absolute Gasteiger partial charge is 0.351 e. The molecule has 0 amide bonds. The van der Waals surface area contributed by atoms with Crippen molar-refractivity contribution in [1.82, 2.24) is 0 Å². The highest BCUT2D eigenvalue weighted by Gasteiger charge is 2.17. The molecule has 3 radical (unpaired) electrons. The van der Waals surface area contributed by atoms with Gasteiger partial charge in [-0.2, -0.15) is 0 Å². The third-order valence-corrected chi connectivity index (χ3v) is 5.81. The number of benzene rings is 4. The van der Waals surface area contributed by atoms with E-state index in [0.29, 0.717) is 34.1 Å². The molecular weight excluding hydrogens is 546 g/mol. The number of hydrogen-bond donors (Lipinski definition) is 0. The van der Waals surface area contributed by atoms with Crippen LogP contribution >= 0.6 is 23.2 Å². The average Bonchev–Trinajstić information content (AvgIpc) is 2.90. The molecule has 0 unspecified atom stereocenters. The largest absolute Gasteiger partial charge is 0.456 e. The lowest BCUT2D eigenvalue weighted by atomic mass is 10.1. The Hall–Kier alpha value is -3.51. The fourth-order valence-corrected chi connectivity index (χ4v) is 3.70. The van der Waals surface area contributed by atoms with Gasteiger partial charge < -0.3 is 9.47 Å². The lowest BCUT2D eigenvalue weighted by Crippen LogP contribution is -2.14. The van der Waals surface area contributed by atoms with Crippen LogP contribution in [0.15, 0.2) is 97.1 Å². The molecule has 7 nitrogen and oxygen atoms in total. The van der Waals surface area contributed by atoms with Crippen molar-refractivity contribution in [3.05, 3.63) is 118 Å². The van der Waals surface area contributed by atoms with Gasteiger partial charge in [0.15, 0.2) is 0 Å². The van der Waals surface area contributed by atoms with E-state index in [1.165, 1.54) is 0 Å². The van der Waals surface area contributed by atoms with E-state index in [9.17, 15) is 9.59 Å². The summed E-state index contributed by atoms with van der Waals surface area (Å²) < 4.78 is 11.5. The van der Waals surface area contributed by atoms with Crippen LogP contribution in [-0.2, 0) is 37.2 Å². The van der Waals surface area contributed by atoms with Crippen LogP contribution in [0.25, 0.3) is 0 Å². The van der Waals surface area contributed by atoms with E-state index in [1.54, 1.807) is 60.7 Å². The van der Waals surface area contributed by atoms with Crippen LogP contribution in [0.3, 0.4) is 0 Å². The van der Waals surface area contributed by atoms with Gasteiger partial charge in [-0.15, -0.1) is 0 Å². The first-order valence-corrected chi connectivity index (χ1v) is 11.8. The van der Waals surface area contributed by atoms with Crippen LogP contribution in [0, 0.1) is 0 Å². The van der Waals surface area contributed by atoms with Crippen LogP contribution in [-0.4, -0.2) is 29.3 Å². The zero-order chi connectivity index (χ0) is 26.0. The maximum absolute atomic E-state index is 12.2. The molecule has 4 aromatic carbocycles. The molecule has 38 heavy (non-hydrogen) atoms. The van der Waals surface area contributed by atoms with E-state index >= 15 is 0 Å². The monoisotopic (exact) mass is 565 g/mol. The Morgan fingerprint density at radius 1 is 0.553 bits per heavy atom. The van der Waals surface area contributed by atoms with Gasteiger partial charge in [0.2, 0.25) is 0 Å². The first-order valence-electron chi connectivity index (χ1n) is 11.1. The molecule has 4 rings (SSSR count). The van der Waals surface area contributed by atoms with E-state index in [2.05, 4.69) is 14.8 Å². The maximum atomic E-state index is 12.2. The highest BCUT2D eigenvalue weighted by atomic mass is 35.5. The number of rotatable bonds is 10. The number of hydrogen-bond acceptors (Lipinski definition) is 7. The number of ether oxygens (including phenoxy) is 2. The van der Waals surface area contributed by atoms with Gasteiger partial charge in [-0.1, -0.05) is 83.9 Å². The normalized spacial score (nSPS) is 10.2. The van der Waals surface area contributed by atoms with Gasteiger partial charge in [-0.05, 0) is 47.5 Å². The minimum atomic E-state index is -0.831. The molecule has 0 saturated heterocycles. The van der Waals surface area contributed by atoms with E-state index in [4.69, 9.17) is 32.7 Å². The van der Waals surface area contributed by atoms with Crippen molar-refractivity contribution in [2.24, 2.45) is 0 Å². The van der Waals surface area contributed by atoms with Gasteiger partial charge in [-0.3, -0.25) is 9.78 Å². The number of carbonyl (C=O) groups excluding carboxylic acids is 2. The van der Waals surface area contributed by atoms with Crippen molar-refractivity contribution < 1.29 is 33.9 Å². The Morgan fingerprint density at radius 3 is 1.34 bits per heavy atom. The third kappa shape index (κ3) is 8.25. The Kier molecular flexibility index (Phi) is 11.0. The predicted molar refractivity (Wildman–Crippen MR) is 142 cm³/mol. The van der Waals surface area contributed by atoms with E-state index in [1.807, 2.05) is 36.4 Å². The second-order valence-electron chi connectivity index (χ2n) is 7.62. The molecule has 0 aliphatic rings. The zero-order valence-electron chi connectivity index (χ0n) is 19.8. The van der Waals surface area contributed by atoms with Gasteiger partial charge in [0.05, 0.1) is 22.9 Å². The molecule has 0 heterocycles. The van der Waals surface area contributed by atoms with E-state index in [0.717, 1.165) is 0 Å². The van der Waals surface area contributed by atoms with Crippen molar-refractivity contribution in [2.75, 3.05) is 0 Å². The molecular formula is C28H20AlCl2O7. The predicted octanol–water partition coefficient (Wildman–Crippen LogP) is 6.92. The SMILES string of the molecule is O=C(Cc1cccc(Oc2ccccc2)c1Cl)OOOC(=O)Cc1cccc(Oc2ccccc2)c1Cl.[Al]. The Bertz CT molecular complexity index is 1260. The summed E-state index contributed by atoms with van der Waals surface area (Å²) in [6.45, 7) is 0. The summed E-state index contributed by atoms with van der Waals surface area (Å²) in [7, 11) is 0. The topological polar surface area (TPSA) is 80.3 Å². The standard InChI is InChI=1S/C28H20Cl2O7.Al/c29-27-19(9-7-15-23(27)33-21-11-3-1-4-12-21)17-25(31)35-37-36-26(32)18-20-10-8-16-24(28(20)30)34-22-13-5-2-6-14-22;/h1-16H,17-18H2;. The highest BCUT2D eigenvalue weighted by molar-refractivity contribution is 6.33. The summed E-state index contributed by atoms with van der Waals surface area (Å²) >= 11 is 12.7. The summed E-state index contributed by atoms with van der Waals surface area (Å²) in [5, 5.41) is 4.87. The summed E-state index contributed by atoms with van der Waals surface area (Å²) in [5.74, 6) is 0.278. The van der Waals surface area contributed by atoms with Crippen molar-refractivity contribution in [2.45, 2.75) is 12.8 Å². The first kappa shape index (κ1) is 29.1. The van der Waals surface area contributed by atoms with Crippen molar-refractivity contribution in [3.8, 4) is 23.0 Å². The van der Waals surface area contributed by atoms with E-state index in [-0.39, 0.29) is 40.2 Å². The molecule has 0 N–H and O–H groups in total. The molecule has 10 heteroatoms. The summed E-state index contributed by atoms with van der Waals surface area (Å²) in [6.07, 6.45) is -0.486. The van der Waals surface area contributed by atoms with Crippen molar-refractivity contribution in [3.63, 3.8) is 0 Å². The number of carbonyl (C=O) groups is 2. The average molecular weight is 566 g/mol. The van der Waals surface area contributed by atoms with Crippen molar-refractivity contribution >= 4 is 52.5 Å². The molecule has 0 aliphatic heterocycles. The van der Waals surface area contributed by atoms with Crippen LogP contribution < -0.4 is 9.47 Å². The highest BCUT2D eigenvalue weighted by Crippen LogP contribution is 2.33. The fraction of sp³-hybridized carbons (Fsp3) is 0.0714. The molecule has 0 spiro atoms. The van der Waals surface area contributed by atoms with Gasteiger partial charge in [0.1, 0.15) is 23.0 Å². The first-order chi connectivity index (χ1) is 18.0. The van der Waals surface area contributed by atoms with Gasteiger partial charge >= 0.3 is 11.9 Å². The molecule has 191 valence electrons. The minimum Gasteiger partial charge on any atom is -0.456 e. The molecule has 0 bridgehead atoms. The van der Waals surface area contributed by atoms with Gasteiger partial charge in [0.25, 0.3) is 0 Å². The zero-order valence-corrected chi connectivity index (χ0v) is 22.5. The second-order valence-corrected chi connectivity index (χ2v) is 8.38.